The number of nitrogens with zero attached hydrogens (tertiary/aromatic N) is 2. The number of nitrogens with one attached hydrogen (secondary N) is 1. The summed E-state index contributed by atoms with van der Waals surface area (Å²) in [4.78, 5) is 34.0. The molecule has 28 heavy (non-hydrogen) atoms. The van der Waals surface area contributed by atoms with Crippen LogP contribution < -0.4 is 5.32 Å². The standard InChI is InChI=1S/C14H25NO5.C4H10N2O2/c1-3-5-18-7-9-20-10-8-19-6-4-15-13(16)11-12(2)14(15)17;1-6(8)3-2-5-4-7/h12H,3-11H2,1-2H3;4,8H,2-3H2,1H3,(H,5,7). The van der Waals surface area contributed by atoms with Gasteiger partial charge in [0, 0.05) is 39.1 Å². The number of carbonyl (C=O) groups excluding carboxylic acids is 3. The Morgan fingerprint density at radius 1 is 1.14 bits per heavy atom. The first-order valence-corrected chi connectivity index (χ1v) is 9.58. The van der Waals surface area contributed by atoms with Gasteiger partial charge in [-0.15, -0.1) is 0 Å². The van der Waals surface area contributed by atoms with Crippen molar-refractivity contribution in [3.8, 4) is 0 Å². The van der Waals surface area contributed by atoms with Gasteiger partial charge in [0.2, 0.25) is 18.2 Å². The molecule has 1 saturated heterocycles. The quantitative estimate of drug-likeness (QED) is 0.168. The van der Waals surface area contributed by atoms with Crippen LogP contribution in [0.5, 0.6) is 0 Å². The van der Waals surface area contributed by atoms with Crippen LogP contribution >= 0.6 is 0 Å². The summed E-state index contributed by atoms with van der Waals surface area (Å²) in [5.74, 6) is -0.382. The van der Waals surface area contributed by atoms with E-state index in [0.29, 0.717) is 65.5 Å². The highest BCUT2D eigenvalue weighted by atomic mass is 16.5. The van der Waals surface area contributed by atoms with E-state index in [-0.39, 0.29) is 17.7 Å². The summed E-state index contributed by atoms with van der Waals surface area (Å²) < 4.78 is 15.9. The normalized spacial score (nSPS) is 16.3. The first kappa shape index (κ1) is 26.4. The molecule has 1 heterocycles. The van der Waals surface area contributed by atoms with Crippen molar-refractivity contribution < 1.29 is 33.8 Å². The van der Waals surface area contributed by atoms with Crippen LogP contribution in [0, 0.1) is 5.92 Å². The third-order valence-corrected chi connectivity index (χ3v) is 3.68. The average molecular weight is 405 g/mol. The summed E-state index contributed by atoms with van der Waals surface area (Å²) in [6.07, 6.45) is 1.93. The highest BCUT2D eigenvalue weighted by Gasteiger charge is 2.34. The minimum Gasteiger partial charge on any atom is -0.379 e. The van der Waals surface area contributed by atoms with Crippen molar-refractivity contribution in [2.75, 3.05) is 66.3 Å². The van der Waals surface area contributed by atoms with Gasteiger partial charge in [-0.1, -0.05) is 13.8 Å². The Morgan fingerprint density at radius 3 is 2.18 bits per heavy atom. The largest absolute Gasteiger partial charge is 0.379 e. The zero-order valence-electron chi connectivity index (χ0n) is 17.2. The molecule has 0 aromatic heterocycles. The second-order valence-electron chi connectivity index (χ2n) is 6.28. The predicted molar refractivity (Wildman–Crippen MR) is 102 cm³/mol. The van der Waals surface area contributed by atoms with Crippen LogP contribution in [0.25, 0.3) is 0 Å². The van der Waals surface area contributed by atoms with Crippen LogP contribution in [-0.4, -0.2) is 99.7 Å². The summed E-state index contributed by atoms with van der Waals surface area (Å²) in [7, 11) is 1.52. The Balaban J connectivity index is 0.000000769. The van der Waals surface area contributed by atoms with Crippen molar-refractivity contribution in [3.05, 3.63) is 0 Å². The molecular weight excluding hydrogens is 370 g/mol. The number of rotatable bonds is 15. The lowest BCUT2D eigenvalue weighted by Gasteiger charge is -2.14. The van der Waals surface area contributed by atoms with Crippen LogP contribution in [0.1, 0.15) is 26.7 Å². The third-order valence-electron chi connectivity index (χ3n) is 3.68. The highest BCUT2D eigenvalue weighted by Crippen LogP contribution is 2.17. The molecule has 10 heteroatoms. The van der Waals surface area contributed by atoms with Crippen molar-refractivity contribution in [2.45, 2.75) is 26.7 Å². The monoisotopic (exact) mass is 405 g/mol. The van der Waals surface area contributed by atoms with Crippen LogP contribution in [0.2, 0.25) is 0 Å². The number of likely N-dealkylation sites (N-methyl/N-ethyl adjacent to an activating group) is 1. The SMILES string of the molecule is CCCOCCOCCOCCN1C(=O)CC(C)C1=O.CN(O)CCNC=O. The Labute approximate surface area is 167 Å². The van der Waals surface area contributed by atoms with Gasteiger partial charge in [0.25, 0.3) is 0 Å². The minimum atomic E-state index is -0.186. The van der Waals surface area contributed by atoms with Crippen LogP contribution in [0.3, 0.4) is 0 Å². The molecule has 0 aromatic carbocycles. The van der Waals surface area contributed by atoms with Gasteiger partial charge in [-0.25, -0.2) is 0 Å². The van der Waals surface area contributed by atoms with E-state index in [4.69, 9.17) is 19.4 Å². The topological polar surface area (TPSA) is 118 Å². The molecule has 0 aromatic rings. The van der Waals surface area contributed by atoms with E-state index in [1.165, 1.54) is 11.9 Å². The maximum atomic E-state index is 11.6. The molecule has 1 fully saturated rings. The number of hydroxylamine groups is 2. The van der Waals surface area contributed by atoms with E-state index < -0.39 is 0 Å². The van der Waals surface area contributed by atoms with Crippen LogP contribution in [0.15, 0.2) is 0 Å². The molecule has 3 amide bonds. The molecule has 0 aliphatic carbocycles. The zero-order chi connectivity index (χ0) is 21.2. The fraction of sp³-hybridized carbons (Fsp3) is 0.833. The van der Waals surface area contributed by atoms with E-state index in [1.807, 2.05) is 0 Å². The smallest absolute Gasteiger partial charge is 0.232 e. The molecule has 0 spiro atoms. The number of hydrogen-bond acceptors (Lipinski definition) is 8. The Morgan fingerprint density at radius 2 is 1.71 bits per heavy atom. The third kappa shape index (κ3) is 13.6. The molecule has 1 unspecified atom stereocenters. The number of imide groups is 1. The van der Waals surface area contributed by atoms with Gasteiger partial charge in [-0.2, -0.15) is 5.06 Å². The summed E-state index contributed by atoms with van der Waals surface area (Å²) in [5.41, 5.74) is 0. The molecule has 164 valence electrons. The maximum Gasteiger partial charge on any atom is 0.232 e. The second-order valence-corrected chi connectivity index (χ2v) is 6.28. The number of hydrogen-bond donors (Lipinski definition) is 2. The summed E-state index contributed by atoms with van der Waals surface area (Å²) in [6.45, 7) is 8.34. The van der Waals surface area contributed by atoms with Gasteiger partial charge in [0.15, 0.2) is 0 Å². The minimum absolute atomic E-state index is 0.0945. The average Bonchev–Trinajstić information content (AvgIpc) is 2.89. The van der Waals surface area contributed by atoms with Crippen molar-refractivity contribution in [1.82, 2.24) is 15.3 Å². The van der Waals surface area contributed by atoms with E-state index in [2.05, 4.69) is 12.2 Å². The zero-order valence-corrected chi connectivity index (χ0v) is 17.2. The molecule has 2 N–H and O–H groups in total. The van der Waals surface area contributed by atoms with Gasteiger partial charge in [-0.3, -0.25) is 19.3 Å². The van der Waals surface area contributed by atoms with Gasteiger partial charge in [-0.05, 0) is 6.42 Å². The van der Waals surface area contributed by atoms with Crippen LogP contribution in [0.4, 0.5) is 0 Å². The number of ether oxygens (including phenoxy) is 3. The second kappa shape index (κ2) is 17.5. The molecule has 1 rings (SSSR count). The first-order valence-electron chi connectivity index (χ1n) is 9.58. The molecular formula is C18H35N3O7. The molecule has 10 nitrogen and oxygen atoms in total. The van der Waals surface area contributed by atoms with Gasteiger partial charge in [0.1, 0.15) is 0 Å². The van der Waals surface area contributed by atoms with Crippen molar-refractivity contribution in [3.63, 3.8) is 0 Å². The fourth-order valence-corrected chi connectivity index (χ4v) is 2.21. The van der Waals surface area contributed by atoms with Crippen molar-refractivity contribution >= 4 is 18.2 Å². The summed E-state index contributed by atoms with van der Waals surface area (Å²) >= 11 is 0. The summed E-state index contributed by atoms with van der Waals surface area (Å²) in [6, 6.07) is 0. The Hall–Kier alpha value is -1.59. The van der Waals surface area contributed by atoms with Gasteiger partial charge in [0.05, 0.1) is 39.6 Å². The number of carbonyl (C=O) groups is 3. The first-order chi connectivity index (χ1) is 13.4. The van der Waals surface area contributed by atoms with E-state index in [0.717, 1.165) is 18.1 Å². The molecule has 0 saturated carbocycles. The van der Waals surface area contributed by atoms with Crippen LogP contribution in [-0.2, 0) is 28.6 Å². The summed E-state index contributed by atoms with van der Waals surface area (Å²) in [5, 5.41) is 11.9. The molecule has 1 aliphatic rings. The molecule has 0 radical (unpaired) electrons. The van der Waals surface area contributed by atoms with Crippen molar-refractivity contribution in [2.24, 2.45) is 5.92 Å². The fourth-order valence-electron chi connectivity index (χ4n) is 2.21. The number of amides is 3. The lowest BCUT2D eigenvalue weighted by atomic mass is 10.1. The highest BCUT2D eigenvalue weighted by molar-refractivity contribution is 6.03. The maximum absolute atomic E-state index is 11.6. The van der Waals surface area contributed by atoms with E-state index in [1.54, 1.807) is 6.92 Å². The Bertz CT molecular complexity index is 435. The lowest BCUT2D eigenvalue weighted by molar-refractivity contribution is -0.140. The van der Waals surface area contributed by atoms with Gasteiger partial charge < -0.3 is 24.7 Å². The molecule has 1 atom stereocenters. The molecule has 1 aliphatic heterocycles. The number of likely N-dealkylation sites (tertiary alicyclic amines) is 1. The molecule has 0 bridgehead atoms. The van der Waals surface area contributed by atoms with E-state index >= 15 is 0 Å². The van der Waals surface area contributed by atoms with Crippen molar-refractivity contribution in [1.29, 1.82) is 0 Å². The predicted octanol–water partition coefficient (Wildman–Crippen LogP) is -0.105. The van der Waals surface area contributed by atoms with Gasteiger partial charge >= 0.3 is 0 Å². The van der Waals surface area contributed by atoms with E-state index in [9.17, 15) is 14.4 Å². The Kier molecular flexibility index (Phi) is 16.5. The lowest BCUT2D eigenvalue weighted by Crippen LogP contribution is -2.33.